The number of benzene rings is 1. The smallest absolute Gasteiger partial charge is 0.251 e. The second-order valence-corrected chi connectivity index (χ2v) is 3.34. The number of hydrogen-bond acceptors (Lipinski definition) is 1. The largest absolute Gasteiger partial charge is 0.352 e. The molecular weight excluding hydrogens is 174 g/mol. The predicted octanol–water partition coefficient (Wildman–Crippen LogP) is 2.01. The van der Waals surface area contributed by atoms with E-state index in [2.05, 4.69) is 17.5 Å². The van der Waals surface area contributed by atoms with Crippen LogP contribution >= 0.6 is 0 Å². The normalized spacial score (nSPS) is 12.6. The summed E-state index contributed by atoms with van der Waals surface area (Å²) in [5.74, 6) is 0.0240. The van der Waals surface area contributed by atoms with Crippen LogP contribution in [0.1, 0.15) is 28.4 Å². The van der Waals surface area contributed by atoms with Crippen LogP contribution in [0.3, 0.4) is 0 Å². The van der Waals surface area contributed by atoms with Crippen molar-refractivity contribution in [3.63, 3.8) is 0 Å². The first-order chi connectivity index (χ1) is 6.83. The van der Waals surface area contributed by atoms with Gasteiger partial charge < -0.3 is 5.32 Å². The number of hydrogen-bond donors (Lipinski definition) is 1. The van der Waals surface area contributed by atoms with Crippen LogP contribution in [0.5, 0.6) is 0 Å². The van der Waals surface area contributed by atoms with Crippen LogP contribution in [0.25, 0.3) is 6.08 Å². The maximum absolute atomic E-state index is 11.7. The van der Waals surface area contributed by atoms with Gasteiger partial charge in [0.15, 0.2) is 0 Å². The lowest BCUT2D eigenvalue weighted by molar-refractivity contribution is 0.0955. The van der Waals surface area contributed by atoms with Gasteiger partial charge in [0, 0.05) is 12.1 Å². The fraction of sp³-hybridized carbons (Fsp3) is 0.250. The van der Waals surface area contributed by atoms with Crippen molar-refractivity contribution in [1.82, 2.24) is 5.32 Å². The van der Waals surface area contributed by atoms with Gasteiger partial charge in [-0.3, -0.25) is 4.79 Å². The van der Waals surface area contributed by atoms with Crippen molar-refractivity contribution in [3.05, 3.63) is 41.0 Å². The molecule has 0 atom stereocenters. The minimum absolute atomic E-state index is 0.0240. The molecule has 2 nitrogen and oxygen atoms in total. The number of carbonyl (C=O) groups is 1. The van der Waals surface area contributed by atoms with Crippen molar-refractivity contribution < 1.29 is 4.79 Å². The molecule has 0 saturated carbocycles. The van der Waals surface area contributed by atoms with Gasteiger partial charge in [-0.05, 0) is 30.5 Å². The Labute approximate surface area is 83.6 Å². The van der Waals surface area contributed by atoms with Crippen molar-refractivity contribution in [1.29, 1.82) is 0 Å². The Morgan fingerprint density at radius 3 is 3.14 bits per heavy atom. The molecule has 0 radical (unpaired) electrons. The molecular formula is C12H13NO. The van der Waals surface area contributed by atoms with E-state index in [4.69, 9.17) is 0 Å². The maximum Gasteiger partial charge on any atom is 0.251 e. The van der Waals surface area contributed by atoms with Crippen LogP contribution < -0.4 is 5.32 Å². The van der Waals surface area contributed by atoms with E-state index < -0.39 is 0 Å². The summed E-state index contributed by atoms with van der Waals surface area (Å²) in [6.07, 6.45) is 5.07. The molecule has 0 heterocycles. The van der Waals surface area contributed by atoms with Gasteiger partial charge in [-0.25, -0.2) is 0 Å². The van der Waals surface area contributed by atoms with E-state index in [9.17, 15) is 4.79 Å². The van der Waals surface area contributed by atoms with Crippen molar-refractivity contribution in [2.75, 3.05) is 6.54 Å². The topological polar surface area (TPSA) is 29.1 Å². The van der Waals surface area contributed by atoms with Crippen molar-refractivity contribution in [3.8, 4) is 0 Å². The zero-order chi connectivity index (χ0) is 9.97. The van der Waals surface area contributed by atoms with Gasteiger partial charge in [0.1, 0.15) is 0 Å². The number of amides is 1. The van der Waals surface area contributed by atoms with Gasteiger partial charge >= 0.3 is 0 Å². The standard InChI is InChI=1S/C12H13NO/c1-2-13-12(14)11-8-4-6-9-5-3-7-10(9)11/h3-4,6-8H,2,5H2,1H3,(H,13,14). The Hall–Kier alpha value is -1.57. The molecule has 14 heavy (non-hydrogen) atoms. The van der Waals surface area contributed by atoms with Crippen molar-refractivity contribution in [2.45, 2.75) is 13.3 Å². The summed E-state index contributed by atoms with van der Waals surface area (Å²) in [6.45, 7) is 2.60. The van der Waals surface area contributed by atoms with Gasteiger partial charge in [0.25, 0.3) is 5.91 Å². The first-order valence-corrected chi connectivity index (χ1v) is 4.89. The summed E-state index contributed by atoms with van der Waals surface area (Å²) in [7, 11) is 0. The third kappa shape index (κ3) is 1.43. The monoisotopic (exact) mass is 187 g/mol. The Morgan fingerprint density at radius 2 is 2.36 bits per heavy atom. The van der Waals surface area contributed by atoms with Gasteiger partial charge in [-0.1, -0.05) is 24.3 Å². The SMILES string of the molecule is CCNC(=O)c1cccc2c1C=CC2. The maximum atomic E-state index is 11.7. The molecule has 0 spiro atoms. The highest BCUT2D eigenvalue weighted by molar-refractivity contribution is 5.98. The number of nitrogens with one attached hydrogen (secondary N) is 1. The van der Waals surface area contributed by atoms with Crippen LogP contribution in [0.4, 0.5) is 0 Å². The first kappa shape index (κ1) is 9.00. The van der Waals surface area contributed by atoms with E-state index in [0.29, 0.717) is 6.54 Å². The molecule has 0 unspecified atom stereocenters. The minimum Gasteiger partial charge on any atom is -0.352 e. The van der Waals surface area contributed by atoms with E-state index in [0.717, 1.165) is 17.5 Å². The van der Waals surface area contributed by atoms with Gasteiger partial charge in [0.2, 0.25) is 0 Å². The molecule has 0 aliphatic heterocycles. The highest BCUT2D eigenvalue weighted by atomic mass is 16.1. The third-order valence-electron chi connectivity index (χ3n) is 2.40. The Bertz CT molecular complexity index is 393. The first-order valence-electron chi connectivity index (χ1n) is 4.89. The average molecular weight is 187 g/mol. The summed E-state index contributed by atoms with van der Waals surface area (Å²) in [5, 5.41) is 2.82. The molecule has 0 bridgehead atoms. The number of rotatable bonds is 2. The lowest BCUT2D eigenvalue weighted by Gasteiger charge is -2.06. The second-order valence-electron chi connectivity index (χ2n) is 3.34. The summed E-state index contributed by atoms with van der Waals surface area (Å²) in [4.78, 5) is 11.7. The van der Waals surface area contributed by atoms with E-state index in [1.165, 1.54) is 5.56 Å². The summed E-state index contributed by atoms with van der Waals surface area (Å²) < 4.78 is 0. The summed E-state index contributed by atoms with van der Waals surface area (Å²) >= 11 is 0. The molecule has 1 aromatic carbocycles. The fourth-order valence-electron chi connectivity index (χ4n) is 1.75. The van der Waals surface area contributed by atoms with Gasteiger partial charge in [-0.2, -0.15) is 0 Å². The molecule has 1 N–H and O–H groups in total. The quantitative estimate of drug-likeness (QED) is 0.753. The van der Waals surface area contributed by atoms with Crippen molar-refractivity contribution >= 4 is 12.0 Å². The third-order valence-corrected chi connectivity index (χ3v) is 2.40. The molecule has 72 valence electrons. The highest BCUT2D eigenvalue weighted by Crippen LogP contribution is 2.22. The Kier molecular flexibility index (Phi) is 2.35. The number of fused-ring (bicyclic) bond motifs is 1. The lowest BCUT2D eigenvalue weighted by atomic mass is 10.0. The highest BCUT2D eigenvalue weighted by Gasteiger charge is 2.13. The molecule has 0 fully saturated rings. The molecule has 1 aliphatic rings. The van der Waals surface area contributed by atoms with Crippen LogP contribution in [0.2, 0.25) is 0 Å². The second kappa shape index (κ2) is 3.66. The average Bonchev–Trinajstić information content (AvgIpc) is 2.65. The Balaban J connectivity index is 2.39. The molecule has 1 aromatic rings. The molecule has 1 aliphatic carbocycles. The van der Waals surface area contributed by atoms with E-state index in [-0.39, 0.29) is 5.91 Å². The number of allylic oxidation sites excluding steroid dienone is 1. The van der Waals surface area contributed by atoms with E-state index >= 15 is 0 Å². The van der Waals surface area contributed by atoms with Gasteiger partial charge in [0.05, 0.1) is 0 Å². The molecule has 0 saturated heterocycles. The number of carbonyl (C=O) groups excluding carboxylic acids is 1. The summed E-state index contributed by atoms with van der Waals surface area (Å²) in [5.41, 5.74) is 3.12. The van der Waals surface area contributed by atoms with Crippen LogP contribution in [-0.2, 0) is 6.42 Å². The molecule has 0 aromatic heterocycles. The van der Waals surface area contributed by atoms with Crippen LogP contribution in [0.15, 0.2) is 24.3 Å². The molecule has 2 heteroatoms. The predicted molar refractivity (Wildman–Crippen MR) is 57.2 cm³/mol. The zero-order valence-corrected chi connectivity index (χ0v) is 8.21. The van der Waals surface area contributed by atoms with Crippen LogP contribution in [-0.4, -0.2) is 12.5 Å². The zero-order valence-electron chi connectivity index (χ0n) is 8.21. The Morgan fingerprint density at radius 1 is 1.50 bits per heavy atom. The summed E-state index contributed by atoms with van der Waals surface area (Å²) in [6, 6.07) is 5.88. The van der Waals surface area contributed by atoms with Crippen LogP contribution in [0, 0.1) is 0 Å². The minimum atomic E-state index is 0.0240. The lowest BCUT2D eigenvalue weighted by Crippen LogP contribution is -2.23. The molecule has 1 amide bonds. The van der Waals surface area contributed by atoms with E-state index in [1.807, 2.05) is 25.1 Å². The van der Waals surface area contributed by atoms with Gasteiger partial charge in [-0.15, -0.1) is 0 Å². The fourth-order valence-corrected chi connectivity index (χ4v) is 1.75. The van der Waals surface area contributed by atoms with Crippen molar-refractivity contribution in [2.24, 2.45) is 0 Å². The van der Waals surface area contributed by atoms with E-state index in [1.54, 1.807) is 0 Å². The molecule has 2 rings (SSSR count).